The van der Waals surface area contributed by atoms with E-state index in [9.17, 15) is 13.2 Å². The smallest absolute Gasteiger partial charge is 0.255 e. The molecule has 0 fully saturated rings. The molecule has 0 radical (unpaired) electrons. The van der Waals surface area contributed by atoms with E-state index < -0.39 is 9.84 Å². The van der Waals surface area contributed by atoms with Crippen LogP contribution in [0.5, 0.6) is 0 Å². The maximum absolute atomic E-state index is 12.4. The maximum Gasteiger partial charge on any atom is 0.255 e. The zero-order chi connectivity index (χ0) is 18.4. The first-order valence-corrected chi connectivity index (χ1v) is 9.78. The molecule has 0 spiro atoms. The molecule has 0 saturated carbocycles. The Bertz CT molecular complexity index is 988. The molecule has 0 unspecified atom stereocenters. The van der Waals surface area contributed by atoms with Gasteiger partial charge in [0.05, 0.1) is 22.5 Å². The van der Waals surface area contributed by atoms with Crippen molar-refractivity contribution < 1.29 is 13.2 Å². The number of aryl methyl sites for hydroxylation is 1. The van der Waals surface area contributed by atoms with Gasteiger partial charge >= 0.3 is 0 Å². The lowest BCUT2D eigenvalue weighted by molar-refractivity contribution is 0.102. The van der Waals surface area contributed by atoms with Gasteiger partial charge in [0.15, 0.2) is 9.84 Å². The van der Waals surface area contributed by atoms with Crippen molar-refractivity contribution in [3.8, 4) is 0 Å². The summed E-state index contributed by atoms with van der Waals surface area (Å²) >= 11 is 0. The third-order valence-corrected chi connectivity index (χ3v) is 5.60. The van der Waals surface area contributed by atoms with Crippen LogP contribution in [0, 0.1) is 0 Å². The van der Waals surface area contributed by atoms with Crippen LogP contribution < -0.4 is 5.32 Å². The SMILES string of the molecule is O=C(Nc1cccnc1)c1cccc(CCS(=O)(=O)c2ccccc2)c1. The molecule has 1 aromatic heterocycles. The first kappa shape index (κ1) is 17.8. The molecular weight excluding hydrogens is 348 g/mol. The molecule has 0 aliphatic rings. The number of carbonyl (C=O) groups excluding carboxylic acids is 1. The highest BCUT2D eigenvalue weighted by atomic mass is 32.2. The summed E-state index contributed by atoms with van der Waals surface area (Å²) in [5.41, 5.74) is 1.88. The van der Waals surface area contributed by atoms with Gasteiger partial charge in [-0.15, -0.1) is 0 Å². The molecule has 0 atom stereocenters. The molecule has 132 valence electrons. The van der Waals surface area contributed by atoms with Crippen LogP contribution in [0.4, 0.5) is 5.69 Å². The molecule has 0 aliphatic heterocycles. The van der Waals surface area contributed by atoms with Gasteiger partial charge < -0.3 is 5.32 Å². The summed E-state index contributed by atoms with van der Waals surface area (Å²) in [5, 5.41) is 2.76. The van der Waals surface area contributed by atoms with Crippen molar-refractivity contribution in [1.82, 2.24) is 4.98 Å². The summed E-state index contributed by atoms with van der Waals surface area (Å²) in [4.78, 5) is 16.6. The normalized spacial score (nSPS) is 11.1. The number of sulfone groups is 1. The number of carbonyl (C=O) groups is 1. The van der Waals surface area contributed by atoms with Crippen molar-refractivity contribution in [2.24, 2.45) is 0 Å². The van der Waals surface area contributed by atoms with Crippen LogP contribution in [0.15, 0.2) is 84.0 Å². The quantitative estimate of drug-likeness (QED) is 0.726. The Hall–Kier alpha value is -2.99. The molecule has 0 bridgehead atoms. The van der Waals surface area contributed by atoms with E-state index in [1.54, 1.807) is 73.1 Å². The second-order valence-electron chi connectivity index (χ2n) is 5.78. The average Bonchev–Trinajstić information content (AvgIpc) is 2.68. The lowest BCUT2D eigenvalue weighted by Gasteiger charge is -2.08. The van der Waals surface area contributed by atoms with Crippen molar-refractivity contribution in [2.45, 2.75) is 11.3 Å². The monoisotopic (exact) mass is 366 g/mol. The standard InChI is InChI=1S/C20H18N2O3S/c23-20(22-18-8-5-12-21-15-18)17-7-4-6-16(14-17)11-13-26(24,25)19-9-2-1-3-10-19/h1-10,12,14-15H,11,13H2,(H,22,23). The van der Waals surface area contributed by atoms with Crippen LogP contribution in [-0.2, 0) is 16.3 Å². The zero-order valence-electron chi connectivity index (χ0n) is 14.0. The van der Waals surface area contributed by atoms with E-state index in [4.69, 9.17) is 0 Å². The molecule has 1 heterocycles. The van der Waals surface area contributed by atoms with Crippen LogP contribution in [0.1, 0.15) is 15.9 Å². The van der Waals surface area contributed by atoms with Gasteiger partial charge in [0.2, 0.25) is 0 Å². The van der Waals surface area contributed by atoms with Crippen molar-refractivity contribution >= 4 is 21.4 Å². The van der Waals surface area contributed by atoms with E-state index in [1.165, 1.54) is 0 Å². The fourth-order valence-corrected chi connectivity index (χ4v) is 3.82. The fourth-order valence-electron chi connectivity index (χ4n) is 2.51. The predicted octanol–water partition coefficient (Wildman–Crippen LogP) is 3.35. The number of pyridine rings is 1. The Morgan fingerprint density at radius 2 is 1.77 bits per heavy atom. The average molecular weight is 366 g/mol. The summed E-state index contributed by atoms with van der Waals surface area (Å²) in [7, 11) is -3.35. The highest BCUT2D eigenvalue weighted by Gasteiger charge is 2.14. The molecule has 0 aliphatic carbocycles. The first-order chi connectivity index (χ1) is 12.5. The van der Waals surface area contributed by atoms with Gasteiger partial charge in [-0.25, -0.2) is 8.42 Å². The summed E-state index contributed by atoms with van der Waals surface area (Å²) in [5.74, 6) is -0.268. The Kier molecular flexibility index (Phi) is 5.43. The van der Waals surface area contributed by atoms with Gasteiger partial charge in [0.25, 0.3) is 5.91 Å². The summed E-state index contributed by atoms with van der Waals surface area (Å²) in [6, 6.07) is 18.8. The highest BCUT2D eigenvalue weighted by molar-refractivity contribution is 7.91. The Morgan fingerprint density at radius 1 is 0.962 bits per heavy atom. The highest BCUT2D eigenvalue weighted by Crippen LogP contribution is 2.14. The zero-order valence-corrected chi connectivity index (χ0v) is 14.8. The molecule has 26 heavy (non-hydrogen) atoms. The van der Waals surface area contributed by atoms with E-state index >= 15 is 0 Å². The minimum absolute atomic E-state index is 0.00924. The van der Waals surface area contributed by atoms with Gasteiger partial charge in [-0.05, 0) is 48.4 Å². The Balaban J connectivity index is 1.69. The van der Waals surface area contributed by atoms with E-state index in [0.717, 1.165) is 5.56 Å². The number of aromatic nitrogens is 1. The minimum Gasteiger partial charge on any atom is -0.321 e. The minimum atomic E-state index is -3.35. The van der Waals surface area contributed by atoms with Gasteiger partial charge in [0.1, 0.15) is 0 Å². The molecule has 5 nitrogen and oxygen atoms in total. The molecule has 1 N–H and O–H groups in total. The molecular formula is C20H18N2O3S. The number of amides is 1. The molecule has 2 aromatic carbocycles. The molecule has 0 saturated heterocycles. The number of nitrogens with one attached hydrogen (secondary N) is 1. The van der Waals surface area contributed by atoms with Crippen LogP contribution >= 0.6 is 0 Å². The third-order valence-electron chi connectivity index (χ3n) is 3.87. The second kappa shape index (κ2) is 7.93. The topological polar surface area (TPSA) is 76.1 Å². The number of anilines is 1. The van der Waals surface area contributed by atoms with Crippen LogP contribution in [0.2, 0.25) is 0 Å². The van der Waals surface area contributed by atoms with E-state index in [1.807, 2.05) is 6.07 Å². The van der Waals surface area contributed by atoms with Gasteiger partial charge in [-0.3, -0.25) is 9.78 Å². The van der Waals surface area contributed by atoms with Crippen molar-refractivity contribution in [2.75, 3.05) is 11.1 Å². The van der Waals surface area contributed by atoms with Gasteiger partial charge in [-0.1, -0.05) is 30.3 Å². The number of benzene rings is 2. The second-order valence-corrected chi connectivity index (χ2v) is 7.89. The van der Waals surface area contributed by atoms with Crippen molar-refractivity contribution in [3.05, 3.63) is 90.3 Å². The predicted molar refractivity (Wildman–Crippen MR) is 101 cm³/mol. The number of hydrogen-bond acceptors (Lipinski definition) is 4. The molecule has 6 heteroatoms. The maximum atomic E-state index is 12.4. The first-order valence-electron chi connectivity index (χ1n) is 8.13. The van der Waals surface area contributed by atoms with E-state index in [2.05, 4.69) is 10.3 Å². The molecule has 3 rings (SSSR count). The summed E-state index contributed by atoms with van der Waals surface area (Å²) < 4.78 is 24.8. The summed E-state index contributed by atoms with van der Waals surface area (Å²) in [6.45, 7) is 0. The van der Waals surface area contributed by atoms with E-state index in [-0.39, 0.29) is 11.7 Å². The lowest BCUT2D eigenvalue weighted by Crippen LogP contribution is -2.13. The number of hydrogen-bond donors (Lipinski definition) is 1. The van der Waals surface area contributed by atoms with Gasteiger partial charge in [-0.2, -0.15) is 0 Å². The summed E-state index contributed by atoms with van der Waals surface area (Å²) in [6.07, 6.45) is 3.53. The van der Waals surface area contributed by atoms with Gasteiger partial charge in [0, 0.05) is 11.8 Å². The number of nitrogens with zero attached hydrogens (tertiary/aromatic N) is 1. The Morgan fingerprint density at radius 3 is 2.50 bits per heavy atom. The lowest BCUT2D eigenvalue weighted by atomic mass is 10.1. The third kappa shape index (κ3) is 4.55. The molecule has 3 aromatic rings. The number of rotatable bonds is 6. The van der Waals surface area contributed by atoms with Crippen molar-refractivity contribution in [1.29, 1.82) is 0 Å². The van der Waals surface area contributed by atoms with E-state index in [0.29, 0.717) is 22.6 Å². The Labute approximate surface area is 152 Å². The largest absolute Gasteiger partial charge is 0.321 e. The van der Waals surface area contributed by atoms with Crippen LogP contribution in [0.3, 0.4) is 0 Å². The van der Waals surface area contributed by atoms with Crippen LogP contribution in [0.25, 0.3) is 0 Å². The van der Waals surface area contributed by atoms with Crippen molar-refractivity contribution in [3.63, 3.8) is 0 Å². The fraction of sp³-hybridized carbons (Fsp3) is 0.100. The molecule has 1 amide bonds. The van der Waals surface area contributed by atoms with Crippen LogP contribution in [-0.4, -0.2) is 25.1 Å².